The van der Waals surface area contributed by atoms with E-state index in [2.05, 4.69) is 33.0 Å². The predicted molar refractivity (Wildman–Crippen MR) is 114 cm³/mol. The van der Waals surface area contributed by atoms with Gasteiger partial charge in [0.15, 0.2) is 0 Å². The monoisotopic (exact) mass is 391 g/mol. The molecule has 0 saturated heterocycles. The van der Waals surface area contributed by atoms with Gasteiger partial charge in [0.1, 0.15) is 0 Å². The fraction of sp³-hybridized carbons (Fsp3) is 1.00. The van der Waals surface area contributed by atoms with Crippen LogP contribution in [0.4, 0.5) is 0 Å². The molecule has 0 aromatic heterocycles. The molecule has 0 rings (SSSR count). The molecule has 0 aromatic rings. The average molecular weight is 392 g/mol. The molecule has 0 aliphatic carbocycles. The number of unbranched alkanes of at least 4 members (excludes halogenated alkanes) is 7. The van der Waals surface area contributed by atoms with Crippen LogP contribution in [0.3, 0.4) is 0 Å². The second-order valence-electron chi connectivity index (χ2n) is 7.43. The first kappa shape index (κ1) is 26.1. The van der Waals surface area contributed by atoms with Gasteiger partial charge in [-0.1, -0.05) is 85.5 Å². The summed E-state index contributed by atoms with van der Waals surface area (Å²) in [5, 5.41) is 3.38. The number of nitrogens with one attached hydrogen (secondary N) is 1. The molecular weight excluding hydrogens is 345 g/mol. The van der Waals surface area contributed by atoms with Crippen molar-refractivity contribution >= 4 is 7.60 Å². The molecule has 5 heteroatoms. The number of hydrogen-bond acceptors (Lipinski definition) is 4. The van der Waals surface area contributed by atoms with E-state index in [1.807, 2.05) is 0 Å². The maximum absolute atomic E-state index is 13.1. The van der Waals surface area contributed by atoms with Crippen molar-refractivity contribution in [3.63, 3.8) is 0 Å². The molecule has 0 spiro atoms. The Hall–Kier alpha value is 0.110. The molecule has 0 radical (unpaired) electrons. The summed E-state index contributed by atoms with van der Waals surface area (Å²) in [4.78, 5) is 0. The standard InChI is InChI=1S/C21H46NO3P/c1-5-9-12-14-17-24-26(23,25-18-15-13-10-6-2)20-22-19-21(8-4)16-11-7-3/h21-22H,5-20H2,1-4H3. The summed E-state index contributed by atoms with van der Waals surface area (Å²) in [5.41, 5.74) is 0. The van der Waals surface area contributed by atoms with Gasteiger partial charge >= 0.3 is 7.60 Å². The van der Waals surface area contributed by atoms with Crippen LogP contribution in [0.15, 0.2) is 0 Å². The molecule has 0 aliphatic rings. The predicted octanol–water partition coefficient (Wildman–Crippen LogP) is 7.14. The van der Waals surface area contributed by atoms with Crippen molar-refractivity contribution in [3.05, 3.63) is 0 Å². The fourth-order valence-corrected chi connectivity index (χ4v) is 4.42. The Morgan fingerprint density at radius 1 is 0.769 bits per heavy atom. The second-order valence-corrected chi connectivity index (χ2v) is 9.48. The SMILES string of the molecule is CCCCCCOP(=O)(CNCC(CC)CCCC)OCCCCCC. The van der Waals surface area contributed by atoms with Gasteiger partial charge in [0.05, 0.1) is 19.5 Å². The summed E-state index contributed by atoms with van der Waals surface area (Å²) < 4.78 is 24.6. The highest BCUT2D eigenvalue weighted by molar-refractivity contribution is 7.53. The van der Waals surface area contributed by atoms with Crippen molar-refractivity contribution in [2.75, 3.05) is 26.0 Å². The lowest BCUT2D eigenvalue weighted by atomic mass is 10.00. The zero-order valence-corrected chi connectivity index (χ0v) is 19.0. The fourth-order valence-electron chi connectivity index (χ4n) is 2.94. The highest BCUT2D eigenvalue weighted by atomic mass is 31.2. The van der Waals surface area contributed by atoms with E-state index >= 15 is 0 Å². The van der Waals surface area contributed by atoms with Crippen LogP contribution in [0.1, 0.15) is 105 Å². The Bertz CT molecular complexity index is 321. The number of rotatable bonds is 20. The first-order valence-electron chi connectivity index (χ1n) is 11.2. The maximum atomic E-state index is 13.1. The van der Waals surface area contributed by atoms with Crippen molar-refractivity contribution in [1.29, 1.82) is 0 Å². The summed E-state index contributed by atoms with van der Waals surface area (Å²) in [6, 6.07) is 0. The van der Waals surface area contributed by atoms with E-state index in [1.54, 1.807) is 0 Å². The van der Waals surface area contributed by atoms with Gasteiger partial charge in [0.2, 0.25) is 0 Å². The van der Waals surface area contributed by atoms with Gasteiger partial charge in [-0.05, 0) is 31.7 Å². The normalized spacial score (nSPS) is 13.2. The third kappa shape index (κ3) is 15.2. The smallest absolute Gasteiger partial charge is 0.308 e. The minimum Gasteiger partial charge on any atom is -0.308 e. The van der Waals surface area contributed by atoms with Crippen LogP contribution in [0.25, 0.3) is 0 Å². The lowest BCUT2D eigenvalue weighted by Crippen LogP contribution is -2.25. The quantitative estimate of drug-likeness (QED) is 0.177. The van der Waals surface area contributed by atoms with E-state index in [-0.39, 0.29) is 0 Å². The van der Waals surface area contributed by atoms with Crippen LogP contribution >= 0.6 is 7.60 Å². The van der Waals surface area contributed by atoms with Crippen LogP contribution in [0.5, 0.6) is 0 Å². The maximum Gasteiger partial charge on any atom is 0.344 e. The number of hydrogen-bond donors (Lipinski definition) is 1. The molecule has 0 saturated carbocycles. The van der Waals surface area contributed by atoms with Crippen molar-refractivity contribution in [3.8, 4) is 0 Å². The molecule has 0 bridgehead atoms. The van der Waals surface area contributed by atoms with Gasteiger partial charge in [-0.25, -0.2) is 0 Å². The highest BCUT2D eigenvalue weighted by Gasteiger charge is 2.24. The topological polar surface area (TPSA) is 47.6 Å². The van der Waals surface area contributed by atoms with E-state index in [4.69, 9.17) is 9.05 Å². The molecule has 0 amide bonds. The molecule has 26 heavy (non-hydrogen) atoms. The largest absolute Gasteiger partial charge is 0.344 e. The lowest BCUT2D eigenvalue weighted by Gasteiger charge is -2.21. The summed E-state index contributed by atoms with van der Waals surface area (Å²) in [6.07, 6.45) is 14.2. The molecule has 0 heterocycles. The van der Waals surface area contributed by atoms with Gasteiger partial charge in [0.25, 0.3) is 0 Å². The zero-order valence-electron chi connectivity index (χ0n) is 18.1. The molecule has 4 nitrogen and oxygen atoms in total. The van der Waals surface area contributed by atoms with Gasteiger partial charge in [-0.3, -0.25) is 4.57 Å². The van der Waals surface area contributed by atoms with Crippen LogP contribution in [0, 0.1) is 5.92 Å². The third-order valence-corrected chi connectivity index (χ3v) is 6.62. The molecular formula is C21H46NO3P. The van der Waals surface area contributed by atoms with Crippen molar-refractivity contribution in [2.24, 2.45) is 5.92 Å². The Morgan fingerprint density at radius 3 is 1.77 bits per heavy atom. The van der Waals surface area contributed by atoms with E-state index < -0.39 is 7.60 Å². The molecule has 1 atom stereocenters. The van der Waals surface area contributed by atoms with E-state index in [9.17, 15) is 4.57 Å². The summed E-state index contributed by atoms with van der Waals surface area (Å²) >= 11 is 0. The summed E-state index contributed by atoms with van der Waals surface area (Å²) in [6.45, 7) is 10.8. The Kier molecular flexibility index (Phi) is 18.6. The van der Waals surface area contributed by atoms with Gasteiger partial charge in [-0.15, -0.1) is 0 Å². The molecule has 1 N–H and O–H groups in total. The van der Waals surface area contributed by atoms with Gasteiger partial charge in [0, 0.05) is 0 Å². The van der Waals surface area contributed by atoms with E-state index in [1.165, 1.54) is 44.9 Å². The summed E-state index contributed by atoms with van der Waals surface area (Å²) in [5.74, 6) is 0.650. The summed E-state index contributed by atoms with van der Waals surface area (Å²) in [7, 11) is -3.02. The third-order valence-electron chi connectivity index (χ3n) is 4.85. The van der Waals surface area contributed by atoms with E-state index in [0.29, 0.717) is 25.4 Å². The van der Waals surface area contributed by atoms with Gasteiger partial charge < -0.3 is 14.4 Å². The van der Waals surface area contributed by atoms with Crippen LogP contribution in [0.2, 0.25) is 0 Å². The Morgan fingerprint density at radius 2 is 1.31 bits per heavy atom. The lowest BCUT2D eigenvalue weighted by molar-refractivity contribution is 0.195. The highest BCUT2D eigenvalue weighted by Crippen LogP contribution is 2.47. The van der Waals surface area contributed by atoms with Crippen molar-refractivity contribution < 1.29 is 13.6 Å². The first-order chi connectivity index (χ1) is 12.6. The van der Waals surface area contributed by atoms with Crippen LogP contribution in [-0.4, -0.2) is 26.0 Å². The molecule has 1 unspecified atom stereocenters. The molecule has 0 aliphatic heterocycles. The van der Waals surface area contributed by atoms with E-state index in [0.717, 1.165) is 38.6 Å². The van der Waals surface area contributed by atoms with Crippen molar-refractivity contribution in [2.45, 2.75) is 105 Å². The molecule has 0 aromatic carbocycles. The minimum absolute atomic E-state index is 0.344. The Balaban J connectivity index is 4.29. The minimum atomic E-state index is -3.02. The second kappa shape index (κ2) is 18.5. The first-order valence-corrected chi connectivity index (χ1v) is 12.9. The molecule has 158 valence electrons. The zero-order chi connectivity index (χ0) is 19.5. The van der Waals surface area contributed by atoms with Crippen LogP contribution in [-0.2, 0) is 13.6 Å². The Labute approximate surface area is 163 Å². The van der Waals surface area contributed by atoms with Gasteiger partial charge in [-0.2, -0.15) is 0 Å². The molecule has 0 fully saturated rings. The average Bonchev–Trinajstić information content (AvgIpc) is 2.64. The van der Waals surface area contributed by atoms with Crippen LogP contribution < -0.4 is 5.32 Å². The van der Waals surface area contributed by atoms with Crippen molar-refractivity contribution in [1.82, 2.24) is 5.32 Å².